The molecule has 1 N–H and O–H groups in total. The fourth-order valence-corrected chi connectivity index (χ4v) is 5.09. The molecule has 39 heavy (non-hydrogen) atoms. The van der Waals surface area contributed by atoms with Crippen LogP contribution in [0, 0.1) is 0 Å². The van der Waals surface area contributed by atoms with Crippen molar-refractivity contribution in [3.05, 3.63) is 141 Å². The van der Waals surface area contributed by atoms with E-state index in [1.54, 1.807) is 17.0 Å². The van der Waals surface area contributed by atoms with Crippen molar-refractivity contribution in [1.29, 1.82) is 0 Å². The van der Waals surface area contributed by atoms with Crippen LogP contribution in [0.25, 0.3) is 0 Å². The average Bonchev–Trinajstić information content (AvgIpc) is 2.97. The fraction of sp³-hybridized carbons (Fsp3) is 0.212. The highest BCUT2D eigenvalue weighted by molar-refractivity contribution is 6.42. The van der Waals surface area contributed by atoms with Crippen molar-refractivity contribution in [2.75, 3.05) is 6.54 Å². The maximum Gasteiger partial charge on any atom is 0.243 e. The minimum Gasteiger partial charge on any atom is -0.355 e. The van der Waals surface area contributed by atoms with Gasteiger partial charge in [-0.25, -0.2) is 0 Å². The van der Waals surface area contributed by atoms with E-state index in [9.17, 15) is 9.59 Å². The van der Waals surface area contributed by atoms with Crippen molar-refractivity contribution < 1.29 is 9.59 Å². The highest BCUT2D eigenvalue weighted by Gasteiger charge is 2.32. The molecule has 0 fully saturated rings. The van der Waals surface area contributed by atoms with E-state index in [0.29, 0.717) is 23.0 Å². The third kappa shape index (κ3) is 7.72. The highest BCUT2D eigenvalue weighted by atomic mass is 35.5. The lowest BCUT2D eigenvalue weighted by Gasteiger charge is -2.33. The van der Waals surface area contributed by atoms with E-state index >= 15 is 0 Å². The lowest BCUT2D eigenvalue weighted by molar-refractivity contribution is -0.141. The monoisotopic (exact) mass is 558 g/mol. The van der Waals surface area contributed by atoms with Gasteiger partial charge in [-0.05, 0) is 41.3 Å². The number of likely N-dealkylation sites (N-methyl/N-ethyl adjacent to an activating group) is 1. The second kappa shape index (κ2) is 14.0. The molecule has 0 saturated heterocycles. The third-order valence-electron chi connectivity index (χ3n) is 6.74. The van der Waals surface area contributed by atoms with Gasteiger partial charge in [-0.15, -0.1) is 0 Å². The molecule has 4 rings (SSSR count). The third-order valence-corrected chi connectivity index (χ3v) is 7.48. The number of carbonyl (C=O) groups is 2. The van der Waals surface area contributed by atoms with E-state index in [0.717, 1.165) is 22.3 Å². The molecule has 200 valence electrons. The molecule has 0 radical (unpaired) electrons. The number of hydrogen-bond donors (Lipinski definition) is 1. The summed E-state index contributed by atoms with van der Waals surface area (Å²) in [6.45, 7) is 2.57. The highest BCUT2D eigenvalue weighted by Crippen LogP contribution is 2.30. The lowest BCUT2D eigenvalue weighted by atomic mass is 9.87. The van der Waals surface area contributed by atoms with Gasteiger partial charge in [-0.3, -0.25) is 9.59 Å². The van der Waals surface area contributed by atoms with E-state index in [2.05, 4.69) is 5.32 Å². The Morgan fingerprint density at radius 3 is 1.85 bits per heavy atom. The van der Waals surface area contributed by atoms with Crippen LogP contribution in [-0.2, 0) is 22.6 Å². The van der Waals surface area contributed by atoms with Gasteiger partial charge in [0.05, 0.1) is 10.0 Å². The number of benzene rings is 4. The minimum atomic E-state index is -0.707. The summed E-state index contributed by atoms with van der Waals surface area (Å²) in [4.78, 5) is 29.5. The molecule has 0 aliphatic carbocycles. The molecule has 0 saturated carbocycles. The van der Waals surface area contributed by atoms with Gasteiger partial charge < -0.3 is 10.2 Å². The summed E-state index contributed by atoms with van der Waals surface area (Å²) in [5.74, 6) is -0.473. The van der Waals surface area contributed by atoms with Crippen LogP contribution in [0.5, 0.6) is 0 Å². The maximum atomic E-state index is 14.3. The van der Waals surface area contributed by atoms with Gasteiger partial charge in [0.1, 0.15) is 6.04 Å². The SMILES string of the molecule is CCNC(=O)C(Cc1ccccc1)N(Cc1ccc(Cl)c(Cl)c1)C(=O)CC(c1ccccc1)c1ccccc1. The van der Waals surface area contributed by atoms with Gasteiger partial charge in [0.25, 0.3) is 0 Å². The summed E-state index contributed by atoms with van der Waals surface area (Å²) >= 11 is 12.5. The van der Waals surface area contributed by atoms with Gasteiger partial charge in [-0.1, -0.05) is 120 Å². The Balaban J connectivity index is 1.73. The van der Waals surface area contributed by atoms with Gasteiger partial charge >= 0.3 is 0 Å². The van der Waals surface area contributed by atoms with Crippen molar-refractivity contribution in [2.24, 2.45) is 0 Å². The molecule has 0 bridgehead atoms. The van der Waals surface area contributed by atoms with E-state index in [-0.39, 0.29) is 30.7 Å². The molecular weight excluding hydrogens is 527 g/mol. The first kappa shape index (κ1) is 28.4. The molecule has 1 unspecified atom stereocenters. The van der Waals surface area contributed by atoms with Crippen molar-refractivity contribution in [2.45, 2.75) is 38.3 Å². The summed E-state index contributed by atoms with van der Waals surface area (Å²) in [6.07, 6.45) is 0.598. The zero-order valence-electron chi connectivity index (χ0n) is 21.9. The summed E-state index contributed by atoms with van der Waals surface area (Å²) in [7, 11) is 0. The number of halogens is 2. The molecular formula is C33H32Cl2N2O2. The van der Waals surface area contributed by atoms with E-state index in [4.69, 9.17) is 23.2 Å². The van der Waals surface area contributed by atoms with E-state index < -0.39 is 6.04 Å². The Kier molecular flexibility index (Phi) is 10.2. The number of carbonyl (C=O) groups excluding carboxylic acids is 2. The number of nitrogens with one attached hydrogen (secondary N) is 1. The minimum absolute atomic E-state index is 0.119. The summed E-state index contributed by atoms with van der Waals surface area (Å²) in [5, 5.41) is 3.79. The van der Waals surface area contributed by atoms with Crippen LogP contribution in [0.4, 0.5) is 0 Å². The normalized spacial score (nSPS) is 11.7. The zero-order valence-corrected chi connectivity index (χ0v) is 23.4. The van der Waals surface area contributed by atoms with Crippen molar-refractivity contribution >= 4 is 35.0 Å². The first-order chi connectivity index (χ1) is 19.0. The Hall–Kier alpha value is -3.60. The van der Waals surface area contributed by atoms with Crippen LogP contribution in [0.1, 0.15) is 41.5 Å². The summed E-state index contributed by atoms with van der Waals surface area (Å²) < 4.78 is 0. The molecule has 0 aromatic heterocycles. The molecule has 0 heterocycles. The first-order valence-corrected chi connectivity index (χ1v) is 13.9. The molecule has 4 nitrogen and oxygen atoms in total. The van der Waals surface area contributed by atoms with Gasteiger partial charge in [0.15, 0.2) is 0 Å². The number of rotatable bonds is 11. The zero-order chi connectivity index (χ0) is 27.6. The van der Waals surface area contributed by atoms with Crippen LogP contribution in [0.15, 0.2) is 109 Å². The average molecular weight is 560 g/mol. The van der Waals surface area contributed by atoms with E-state index in [1.165, 1.54) is 0 Å². The second-order valence-electron chi connectivity index (χ2n) is 9.45. The van der Waals surface area contributed by atoms with Crippen molar-refractivity contribution in [3.63, 3.8) is 0 Å². The van der Waals surface area contributed by atoms with Crippen LogP contribution < -0.4 is 5.32 Å². The lowest BCUT2D eigenvalue weighted by Crippen LogP contribution is -2.50. The summed E-state index contributed by atoms with van der Waals surface area (Å²) in [6, 6.07) is 34.4. The fourth-order valence-electron chi connectivity index (χ4n) is 4.77. The van der Waals surface area contributed by atoms with Gasteiger partial charge in [0.2, 0.25) is 11.8 Å². The molecule has 4 aromatic carbocycles. The topological polar surface area (TPSA) is 49.4 Å². The Labute approximate surface area is 240 Å². The number of amides is 2. The van der Waals surface area contributed by atoms with Crippen LogP contribution in [-0.4, -0.2) is 29.3 Å². The maximum absolute atomic E-state index is 14.3. The van der Waals surface area contributed by atoms with Crippen molar-refractivity contribution in [1.82, 2.24) is 10.2 Å². The van der Waals surface area contributed by atoms with Crippen molar-refractivity contribution in [3.8, 4) is 0 Å². The predicted octanol–water partition coefficient (Wildman–Crippen LogP) is 7.29. The molecule has 0 spiro atoms. The molecule has 0 aliphatic rings. The number of nitrogens with zero attached hydrogens (tertiary/aromatic N) is 1. The number of hydrogen-bond acceptors (Lipinski definition) is 2. The second-order valence-corrected chi connectivity index (χ2v) is 10.3. The first-order valence-electron chi connectivity index (χ1n) is 13.1. The molecule has 2 amide bonds. The molecule has 6 heteroatoms. The molecule has 1 atom stereocenters. The van der Waals surface area contributed by atoms with Crippen LogP contribution >= 0.6 is 23.2 Å². The smallest absolute Gasteiger partial charge is 0.243 e. The quantitative estimate of drug-likeness (QED) is 0.210. The van der Waals surface area contributed by atoms with E-state index in [1.807, 2.05) is 104 Å². The Bertz CT molecular complexity index is 1330. The molecule has 0 aliphatic heterocycles. The Morgan fingerprint density at radius 2 is 1.31 bits per heavy atom. The van der Waals surface area contributed by atoms with Gasteiger partial charge in [-0.2, -0.15) is 0 Å². The van der Waals surface area contributed by atoms with Gasteiger partial charge in [0, 0.05) is 31.8 Å². The Morgan fingerprint density at radius 1 is 0.744 bits per heavy atom. The van der Waals surface area contributed by atoms with Crippen LogP contribution in [0.2, 0.25) is 10.0 Å². The predicted molar refractivity (Wildman–Crippen MR) is 159 cm³/mol. The standard InChI is InChI=1S/C33H32Cl2N2O2/c1-2-36-33(39)31(21-24-12-6-3-7-13-24)37(23-25-18-19-29(34)30(35)20-25)32(38)22-28(26-14-8-4-9-15-26)27-16-10-5-11-17-27/h3-20,28,31H,2,21-23H2,1H3,(H,36,39). The van der Waals surface area contributed by atoms with Crippen LogP contribution in [0.3, 0.4) is 0 Å². The largest absolute Gasteiger partial charge is 0.355 e. The molecule has 4 aromatic rings. The summed E-state index contributed by atoms with van der Waals surface area (Å²) in [5.41, 5.74) is 3.87.